The fourth-order valence-electron chi connectivity index (χ4n) is 0.693. The quantitative estimate of drug-likeness (QED) is 0.572. The fraction of sp³-hybridized carbons (Fsp3) is 0.429. The van der Waals surface area contributed by atoms with Gasteiger partial charge in [0.2, 0.25) is 0 Å². The maximum absolute atomic E-state index is 10.9. The van der Waals surface area contributed by atoms with Gasteiger partial charge in [-0.2, -0.15) is 10.1 Å². The zero-order valence-electron chi connectivity index (χ0n) is 6.36. The molecule has 0 atom stereocenters. The van der Waals surface area contributed by atoms with E-state index in [1.54, 1.807) is 19.3 Å². The van der Waals surface area contributed by atoms with Crippen LogP contribution in [0.3, 0.4) is 0 Å². The van der Waals surface area contributed by atoms with Crippen molar-refractivity contribution in [3.63, 3.8) is 0 Å². The first kappa shape index (κ1) is 7.78. The molecule has 0 aromatic rings. The van der Waals surface area contributed by atoms with Gasteiger partial charge in [-0.15, -0.1) is 0 Å². The second-order valence-corrected chi connectivity index (χ2v) is 1.96. The van der Waals surface area contributed by atoms with Crippen molar-refractivity contribution in [2.45, 2.75) is 13.3 Å². The summed E-state index contributed by atoms with van der Waals surface area (Å²) in [6, 6.07) is 0. The molecule has 1 heterocycles. The van der Waals surface area contributed by atoms with Crippen LogP contribution in [0.15, 0.2) is 17.4 Å². The van der Waals surface area contributed by atoms with Crippen LogP contribution in [0.1, 0.15) is 13.3 Å². The number of allylic oxidation sites excluding steroid dienone is 1. The monoisotopic (exact) mass is 154 g/mol. The van der Waals surface area contributed by atoms with Gasteiger partial charge in [-0.3, -0.25) is 0 Å². The SMILES string of the molecule is CCOC(=O)N1C=CCC=N1. The lowest BCUT2D eigenvalue weighted by Crippen LogP contribution is -2.22. The second-order valence-electron chi connectivity index (χ2n) is 1.96. The lowest BCUT2D eigenvalue weighted by atomic mass is 10.4. The first-order valence-electron chi connectivity index (χ1n) is 3.49. The molecule has 1 amide bonds. The number of hydrogen-bond donors (Lipinski definition) is 0. The third-order valence-electron chi connectivity index (χ3n) is 1.15. The molecule has 4 heteroatoms. The Kier molecular flexibility index (Phi) is 2.66. The average Bonchev–Trinajstić information content (AvgIpc) is 2.07. The second kappa shape index (κ2) is 3.75. The van der Waals surface area contributed by atoms with Crippen molar-refractivity contribution < 1.29 is 9.53 Å². The van der Waals surface area contributed by atoms with E-state index in [1.165, 1.54) is 5.01 Å². The highest BCUT2D eigenvalue weighted by molar-refractivity contribution is 5.72. The molecule has 0 bridgehead atoms. The Hall–Kier alpha value is -1.32. The van der Waals surface area contributed by atoms with Crippen LogP contribution >= 0.6 is 0 Å². The van der Waals surface area contributed by atoms with Crippen molar-refractivity contribution >= 4 is 12.3 Å². The summed E-state index contributed by atoms with van der Waals surface area (Å²) in [6.07, 6.45) is 5.43. The molecule has 0 aliphatic carbocycles. The number of hydrogen-bond acceptors (Lipinski definition) is 3. The summed E-state index contributed by atoms with van der Waals surface area (Å²) in [5.41, 5.74) is 0. The average molecular weight is 154 g/mol. The fourth-order valence-corrected chi connectivity index (χ4v) is 0.693. The van der Waals surface area contributed by atoms with E-state index in [1.807, 2.05) is 6.08 Å². The number of nitrogens with zero attached hydrogens (tertiary/aromatic N) is 2. The van der Waals surface area contributed by atoms with E-state index in [-0.39, 0.29) is 0 Å². The Morgan fingerprint density at radius 3 is 3.18 bits per heavy atom. The Bertz CT molecular complexity index is 187. The smallest absolute Gasteiger partial charge is 0.434 e. The minimum absolute atomic E-state index is 0.374. The molecule has 0 saturated carbocycles. The highest BCUT2D eigenvalue weighted by Gasteiger charge is 2.10. The summed E-state index contributed by atoms with van der Waals surface area (Å²) in [7, 11) is 0. The number of carbonyl (C=O) groups excluding carboxylic acids is 1. The summed E-state index contributed by atoms with van der Waals surface area (Å²) in [5, 5.41) is 4.97. The summed E-state index contributed by atoms with van der Waals surface area (Å²) in [5.74, 6) is 0. The van der Waals surface area contributed by atoms with Gasteiger partial charge in [-0.25, -0.2) is 4.79 Å². The Labute approximate surface area is 65.1 Å². The number of carbonyl (C=O) groups is 1. The van der Waals surface area contributed by atoms with E-state index in [0.717, 1.165) is 6.42 Å². The van der Waals surface area contributed by atoms with E-state index in [2.05, 4.69) is 5.10 Å². The number of hydrazone groups is 1. The van der Waals surface area contributed by atoms with Crippen LogP contribution in [0.4, 0.5) is 4.79 Å². The molecule has 1 rings (SSSR count). The normalized spacial score (nSPS) is 15.2. The van der Waals surface area contributed by atoms with Crippen LogP contribution < -0.4 is 0 Å². The molecule has 60 valence electrons. The Morgan fingerprint density at radius 2 is 2.64 bits per heavy atom. The van der Waals surface area contributed by atoms with Crippen molar-refractivity contribution in [2.75, 3.05) is 6.61 Å². The maximum atomic E-state index is 10.9. The third-order valence-corrected chi connectivity index (χ3v) is 1.15. The summed E-state index contributed by atoms with van der Waals surface area (Å²) >= 11 is 0. The van der Waals surface area contributed by atoms with Crippen molar-refractivity contribution in [3.8, 4) is 0 Å². The minimum Gasteiger partial charge on any atom is -0.448 e. The van der Waals surface area contributed by atoms with Gasteiger partial charge < -0.3 is 4.74 Å². The first-order chi connectivity index (χ1) is 5.34. The Balaban J connectivity index is 2.45. The topological polar surface area (TPSA) is 41.9 Å². The number of rotatable bonds is 1. The minimum atomic E-state index is -0.431. The van der Waals surface area contributed by atoms with Gasteiger partial charge >= 0.3 is 6.09 Å². The zero-order chi connectivity index (χ0) is 8.10. The highest BCUT2D eigenvalue weighted by atomic mass is 16.6. The number of ether oxygens (including phenoxy) is 1. The predicted molar refractivity (Wildman–Crippen MR) is 41.1 cm³/mol. The van der Waals surface area contributed by atoms with Crippen molar-refractivity contribution in [1.82, 2.24) is 5.01 Å². The van der Waals surface area contributed by atoms with Crippen LogP contribution in [0, 0.1) is 0 Å². The molecule has 0 N–H and O–H groups in total. The molecule has 0 radical (unpaired) electrons. The van der Waals surface area contributed by atoms with Gasteiger partial charge in [0.25, 0.3) is 0 Å². The lowest BCUT2D eigenvalue weighted by Gasteiger charge is -2.12. The molecule has 0 fully saturated rings. The maximum Gasteiger partial charge on any atom is 0.434 e. The van der Waals surface area contributed by atoms with E-state index in [9.17, 15) is 4.79 Å². The number of amides is 1. The first-order valence-corrected chi connectivity index (χ1v) is 3.49. The largest absolute Gasteiger partial charge is 0.448 e. The van der Waals surface area contributed by atoms with Gasteiger partial charge in [-0.05, 0) is 6.92 Å². The molecule has 0 aromatic carbocycles. The van der Waals surface area contributed by atoms with Crippen LogP contribution in [-0.2, 0) is 4.74 Å². The molecule has 1 aliphatic heterocycles. The highest BCUT2D eigenvalue weighted by Crippen LogP contribution is 2.01. The Morgan fingerprint density at radius 1 is 1.82 bits per heavy atom. The van der Waals surface area contributed by atoms with Crippen LogP contribution in [0.25, 0.3) is 0 Å². The molecule has 0 spiro atoms. The zero-order valence-corrected chi connectivity index (χ0v) is 6.36. The predicted octanol–water partition coefficient (Wildman–Crippen LogP) is 1.35. The van der Waals surface area contributed by atoms with Gasteiger partial charge in [0.15, 0.2) is 0 Å². The van der Waals surface area contributed by atoms with E-state index in [4.69, 9.17) is 4.74 Å². The van der Waals surface area contributed by atoms with E-state index < -0.39 is 6.09 Å². The molecule has 0 saturated heterocycles. The third kappa shape index (κ3) is 2.07. The molecule has 11 heavy (non-hydrogen) atoms. The molecule has 1 aliphatic rings. The standard InChI is InChI=1S/C7H10N2O2/c1-2-11-7(10)9-6-4-3-5-8-9/h4-6H,2-3H2,1H3. The van der Waals surface area contributed by atoms with Crippen LogP contribution in [0.5, 0.6) is 0 Å². The van der Waals surface area contributed by atoms with Crippen molar-refractivity contribution in [3.05, 3.63) is 12.3 Å². The molecular formula is C7H10N2O2. The van der Waals surface area contributed by atoms with Gasteiger partial charge in [0.05, 0.1) is 6.61 Å². The summed E-state index contributed by atoms with van der Waals surface area (Å²) in [6.45, 7) is 2.13. The van der Waals surface area contributed by atoms with Crippen molar-refractivity contribution in [2.24, 2.45) is 5.10 Å². The van der Waals surface area contributed by atoms with Crippen LogP contribution in [-0.4, -0.2) is 23.9 Å². The molecule has 0 unspecified atom stereocenters. The van der Waals surface area contributed by atoms with E-state index in [0.29, 0.717) is 6.61 Å². The van der Waals surface area contributed by atoms with Gasteiger partial charge in [-0.1, -0.05) is 6.08 Å². The van der Waals surface area contributed by atoms with Crippen molar-refractivity contribution in [1.29, 1.82) is 0 Å². The summed E-state index contributed by atoms with van der Waals surface area (Å²) in [4.78, 5) is 10.9. The van der Waals surface area contributed by atoms with E-state index >= 15 is 0 Å². The lowest BCUT2D eigenvalue weighted by molar-refractivity contribution is 0.123. The molecular weight excluding hydrogens is 144 g/mol. The molecule has 0 aromatic heterocycles. The van der Waals surface area contributed by atoms with Gasteiger partial charge in [0, 0.05) is 18.8 Å². The van der Waals surface area contributed by atoms with Crippen LogP contribution in [0.2, 0.25) is 0 Å². The summed E-state index contributed by atoms with van der Waals surface area (Å²) < 4.78 is 4.70. The molecule has 4 nitrogen and oxygen atoms in total. The van der Waals surface area contributed by atoms with Gasteiger partial charge in [0.1, 0.15) is 0 Å².